The number of aliphatic hydroxyl groups is 1. The SMILES string of the molecule is CNC(=O)[C@@H]1[C@H]2C(=O)N([C@H](C)CO)C(C(=O)NCCN3CCOCC3)C23CC(C)[C@@]1(C)O3. The Morgan fingerprint density at radius 2 is 1.97 bits per heavy atom. The molecule has 4 saturated heterocycles. The smallest absolute Gasteiger partial charge is 0.245 e. The average Bonchev–Trinajstić information content (AvgIpc) is 3.30. The van der Waals surface area contributed by atoms with Crippen molar-refractivity contribution in [3.8, 4) is 0 Å². The summed E-state index contributed by atoms with van der Waals surface area (Å²) >= 11 is 0. The van der Waals surface area contributed by atoms with Crippen molar-refractivity contribution in [1.82, 2.24) is 20.4 Å². The molecule has 32 heavy (non-hydrogen) atoms. The lowest BCUT2D eigenvalue weighted by Gasteiger charge is -2.36. The fourth-order valence-corrected chi connectivity index (χ4v) is 6.35. The molecule has 7 atom stereocenters. The maximum Gasteiger partial charge on any atom is 0.245 e. The molecule has 180 valence electrons. The molecule has 10 nitrogen and oxygen atoms in total. The van der Waals surface area contributed by atoms with Gasteiger partial charge in [0.2, 0.25) is 17.7 Å². The van der Waals surface area contributed by atoms with Gasteiger partial charge in [0.1, 0.15) is 11.6 Å². The van der Waals surface area contributed by atoms with Crippen molar-refractivity contribution in [3.05, 3.63) is 0 Å². The van der Waals surface area contributed by atoms with Gasteiger partial charge in [-0.1, -0.05) is 6.92 Å². The van der Waals surface area contributed by atoms with Crippen molar-refractivity contribution in [3.63, 3.8) is 0 Å². The summed E-state index contributed by atoms with van der Waals surface area (Å²) in [5.74, 6) is -2.24. The molecule has 1 spiro atoms. The molecule has 3 N–H and O–H groups in total. The van der Waals surface area contributed by atoms with Gasteiger partial charge in [0, 0.05) is 33.2 Å². The number of rotatable bonds is 7. The first kappa shape index (κ1) is 23.4. The van der Waals surface area contributed by atoms with E-state index in [0.717, 1.165) is 13.1 Å². The maximum absolute atomic E-state index is 13.6. The van der Waals surface area contributed by atoms with E-state index in [1.54, 1.807) is 14.0 Å². The summed E-state index contributed by atoms with van der Waals surface area (Å²) in [6.45, 7) is 9.48. The van der Waals surface area contributed by atoms with Crippen molar-refractivity contribution in [2.75, 3.05) is 53.0 Å². The summed E-state index contributed by atoms with van der Waals surface area (Å²) in [6.07, 6.45) is 0.517. The number of morpholine rings is 1. The summed E-state index contributed by atoms with van der Waals surface area (Å²) in [5.41, 5.74) is -1.89. The molecule has 4 aliphatic heterocycles. The fraction of sp³-hybridized carbons (Fsp3) is 0.864. The van der Waals surface area contributed by atoms with Crippen LogP contribution in [0.15, 0.2) is 0 Å². The number of carbonyl (C=O) groups is 3. The molecule has 0 aliphatic carbocycles. The molecule has 0 aromatic rings. The Bertz CT molecular complexity index is 774. The monoisotopic (exact) mass is 452 g/mol. The van der Waals surface area contributed by atoms with E-state index in [9.17, 15) is 19.5 Å². The van der Waals surface area contributed by atoms with Gasteiger partial charge in [0.15, 0.2) is 0 Å². The highest BCUT2D eigenvalue weighted by atomic mass is 16.5. The molecule has 3 amide bonds. The quantitative estimate of drug-likeness (QED) is 0.433. The van der Waals surface area contributed by atoms with Gasteiger partial charge >= 0.3 is 0 Å². The van der Waals surface area contributed by atoms with E-state index < -0.39 is 35.1 Å². The van der Waals surface area contributed by atoms with Crippen molar-refractivity contribution in [2.24, 2.45) is 17.8 Å². The lowest BCUT2D eigenvalue weighted by molar-refractivity contribution is -0.150. The molecule has 10 heteroatoms. The molecule has 4 fully saturated rings. The number of nitrogens with zero attached hydrogens (tertiary/aromatic N) is 2. The van der Waals surface area contributed by atoms with Crippen LogP contribution >= 0.6 is 0 Å². The van der Waals surface area contributed by atoms with Gasteiger partial charge in [-0.15, -0.1) is 0 Å². The van der Waals surface area contributed by atoms with Gasteiger partial charge in [-0.2, -0.15) is 0 Å². The molecule has 0 saturated carbocycles. The van der Waals surface area contributed by atoms with Crippen LogP contribution in [0.1, 0.15) is 27.2 Å². The van der Waals surface area contributed by atoms with E-state index in [-0.39, 0.29) is 30.2 Å². The minimum absolute atomic E-state index is 0.00174. The second-order valence-electron chi connectivity index (χ2n) is 9.84. The summed E-state index contributed by atoms with van der Waals surface area (Å²) in [5, 5.41) is 15.5. The summed E-state index contributed by atoms with van der Waals surface area (Å²) < 4.78 is 11.9. The summed E-state index contributed by atoms with van der Waals surface area (Å²) in [4.78, 5) is 43.7. The first-order chi connectivity index (χ1) is 15.2. The minimum atomic E-state index is -1.07. The van der Waals surface area contributed by atoms with Crippen LogP contribution in [-0.4, -0.2) is 109 Å². The zero-order chi connectivity index (χ0) is 23.3. The molecule has 3 unspecified atom stereocenters. The Kier molecular flexibility index (Phi) is 6.26. The number of likely N-dealkylation sites (tertiary alicyclic amines) is 1. The standard InChI is InChI=1S/C22H36N4O6/c1-13-11-22-16(15(18(28)23-4)21(13,3)32-22)20(30)26(14(2)12-27)17(22)19(29)24-5-6-25-7-9-31-10-8-25/h13-17,27H,5-12H2,1-4H3,(H,23,28)(H,24,29)/t13?,14-,15+,16+,17?,21-,22?/m1/s1. The van der Waals surface area contributed by atoms with E-state index in [0.29, 0.717) is 32.7 Å². The van der Waals surface area contributed by atoms with Crippen molar-refractivity contribution >= 4 is 17.7 Å². The summed E-state index contributed by atoms with van der Waals surface area (Å²) in [7, 11) is 1.55. The molecule has 4 rings (SSSR count). The van der Waals surface area contributed by atoms with Gasteiger partial charge in [-0.3, -0.25) is 19.3 Å². The Morgan fingerprint density at radius 3 is 2.59 bits per heavy atom. The maximum atomic E-state index is 13.6. The second kappa shape index (κ2) is 8.55. The first-order valence-electron chi connectivity index (χ1n) is 11.6. The highest BCUT2D eigenvalue weighted by Gasteiger charge is 2.80. The van der Waals surface area contributed by atoms with E-state index in [1.165, 1.54) is 4.90 Å². The third kappa shape index (κ3) is 3.34. The number of hydrogen-bond acceptors (Lipinski definition) is 7. The topological polar surface area (TPSA) is 120 Å². The number of aliphatic hydroxyl groups excluding tert-OH is 1. The molecule has 4 aliphatic rings. The van der Waals surface area contributed by atoms with Crippen LogP contribution in [0.3, 0.4) is 0 Å². The number of nitrogens with one attached hydrogen (secondary N) is 2. The predicted molar refractivity (Wildman–Crippen MR) is 114 cm³/mol. The normalized spacial score (nSPS) is 39.8. The van der Waals surface area contributed by atoms with Crippen molar-refractivity contribution in [2.45, 2.75) is 50.5 Å². The highest BCUT2D eigenvalue weighted by molar-refractivity contribution is 5.99. The summed E-state index contributed by atoms with van der Waals surface area (Å²) in [6, 6.07) is -1.45. The van der Waals surface area contributed by atoms with Crippen LogP contribution < -0.4 is 10.6 Å². The number of amides is 3. The Labute approximate surface area is 189 Å². The van der Waals surface area contributed by atoms with Crippen LogP contribution in [0.2, 0.25) is 0 Å². The number of carbonyl (C=O) groups excluding carboxylic acids is 3. The lowest BCUT2D eigenvalue weighted by Crippen LogP contribution is -2.58. The molecular formula is C22H36N4O6. The predicted octanol–water partition coefficient (Wildman–Crippen LogP) is -1.43. The van der Waals surface area contributed by atoms with E-state index in [1.807, 2.05) is 13.8 Å². The third-order valence-electron chi connectivity index (χ3n) is 8.10. The van der Waals surface area contributed by atoms with Crippen molar-refractivity contribution < 1.29 is 29.0 Å². The second-order valence-corrected chi connectivity index (χ2v) is 9.84. The van der Waals surface area contributed by atoms with E-state index >= 15 is 0 Å². The van der Waals surface area contributed by atoms with Crippen LogP contribution in [0.5, 0.6) is 0 Å². The lowest BCUT2D eigenvalue weighted by atomic mass is 9.62. The van der Waals surface area contributed by atoms with Crippen LogP contribution in [-0.2, 0) is 23.9 Å². The van der Waals surface area contributed by atoms with Crippen LogP contribution in [0.25, 0.3) is 0 Å². The molecule has 4 heterocycles. The van der Waals surface area contributed by atoms with E-state index in [4.69, 9.17) is 9.47 Å². The molecule has 2 bridgehead atoms. The van der Waals surface area contributed by atoms with Gasteiger partial charge < -0.3 is 30.1 Å². The Balaban J connectivity index is 1.61. The van der Waals surface area contributed by atoms with Gasteiger partial charge in [0.25, 0.3) is 0 Å². The Hall–Kier alpha value is -1.75. The number of hydrogen-bond donors (Lipinski definition) is 3. The molecule has 0 aromatic heterocycles. The zero-order valence-electron chi connectivity index (χ0n) is 19.4. The van der Waals surface area contributed by atoms with Crippen LogP contribution in [0, 0.1) is 17.8 Å². The average molecular weight is 453 g/mol. The van der Waals surface area contributed by atoms with Gasteiger partial charge in [-0.25, -0.2) is 0 Å². The van der Waals surface area contributed by atoms with Gasteiger partial charge in [0.05, 0.1) is 43.3 Å². The number of fused-ring (bicyclic) bond motifs is 1. The highest BCUT2D eigenvalue weighted by Crippen LogP contribution is 2.65. The molecule has 0 aromatic carbocycles. The zero-order valence-corrected chi connectivity index (χ0v) is 19.4. The number of ether oxygens (including phenoxy) is 2. The van der Waals surface area contributed by atoms with Crippen molar-refractivity contribution in [1.29, 1.82) is 0 Å². The third-order valence-corrected chi connectivity index (χ3v) is 8.10. The Morgan fingerprint density at radius 1 is 1.28 bits per heavy atom. The van der Waals surface area contributed by atoms with E-state index in [2.05, 4.69) is 15.5 Å². The molecule has 0 radical (unpaired) electrons. The first-order valence-corrected chi connectivity index (χ1v) is 11.6. The van der Waals surface area contributed by atoms with Gasteiger partial charge in [-0.05, 0) is 26.2 Å². The van der Waals surface area contributed by atoms with Crippen LogP contribution in [0.4, 0.5) is 0 Å². The fourth-order valence-electron chi connectivity index (χ4n) is 6.35. The minimum Gasteiger partial charge on any atom is -0.394 e. The largest absolute Gasteiger partial charge is 0.394 e. The molecular weight excluding hydrogens is 416 g/mol.